The Bertz CT molecular complexity index is 1300. The summed E-state index contributed by atoms with van der Waals surface area (Å²) in [6.45, 7) is 10.4. The first kappa shape index (κ1) is 29.7. The van der Waals surface area contributed by atoms with Gasteiger partial charge < -0.3 is 28.8 Å². The van der Waals surface area contributed by atoms with E-state index in [1.165, 1.54) is 0 Å². The van der Waals surface area contributed by atoms with Crippen molar-refractivity contribution in [3.8, 4) is 0 Å². The molecule has 41 heavy (non-hydrogen) atoms. The summed E-state index contributed by atoms with van der Waals surface area (Å²) in [6.07, 6.45) is 3.78. The average Bonchev–Trinajstić information content (AvgIpc) is 3.76. The standard InChI is InChI=1S/C33H45N3O5/c1-33(2,3)41-23-34-16-18-40-30(22-34)32(38)36(26-12-13-26)20-24-11-14-27-28(31(37)25-9-6-5-7-10-25)21-35(29(27)19-24)15-8-17-39-4/h5-7,9-11,14,19,21,26,30-31,37H,8,12-13,15-18,20,22-23H2,1-4H3/t30-,31?/m1/s1. The van der Waals surface area contributed by atoms with Crippen molar-refractivity contribution in [2.24, 2.45) is 0 Å². The van der Waals surface area contributed by atoms with Crippen molar-refractivity contribution in [2.45, 2.75) is 77.0 Å². The van der Waals surface area contributed by atoms with Gasteiger partial charge >= 0.3 is 0 Å². The van der Waals surface area contributed by atoms with Crippen molar-refractivity contribution in [2.75, 3.05) is 40.1 Å². The summed E-state index contributed by atoms with van der Waals surface area (Å²) in [5, 5.41) is 12.3. The highest BCUT2D eigenvalue weighted by molar-refractivity contribution is 5.86. The molecule has 0 spiro atoms. The third kappa shape index (κ3) is 7.56. The summed E-state index contributed by atoms with van der Waals surface area (Å²) in [5.41, 5.74) is 3.67. The van der Waals surface area contributed by atoms with Crippen molar-refractivity contribution >= 4 is 16.8 Å². The van der Waals surface area contributed by atoms with Crippen LogP contribution in [0.5, 0.6) is 0 Å². The highest BCUT2D eigenvalue weighted by atomic mass is 16.5. The van der Waals surface area contributed by atoms with Gasteiger partial charge in [0.1, 0.15) is 12.2 Å². The molecule has 1 aliphatic heterocycles. The number of carbonyl (C=O) groups excluding carboxylic acids is 1. The van der Waals surface area contributed by atoms with E-state index in [2.05, 4.69) is 33.9 Å². The van der Waals surface area contributed by atoms with Gasteiger partial charge in [0.15, 0.2) is 0 Å². The number of rotatable bonds is 12. The minimum atomic E-state index is -0.716. The summed E-state index contributed by atoms with van der Waals surface area (Å²) in [4.78, 5) is 17.9. The van der Waals surface area contributed by atoms with E-state index < -0.39 is 12.2 Å². The van der Waals surface area contributed by atoms with E-state index in [-0.39, 0.29) is 17.6 Å². The predicted octanol–water partition coefficient (Wildman–Crippen LogP) is 4.72. The molecule has 3 aromatic rings. The van der Waals surface area contributed by atoms with Gasteiger partial charge in [-0.15, -0.1) is 0 Å². The number of carbonyl (C=O) groups is 1. The number of aromatic nitrogens is 1. The fourth-order valence-electron chi connectivity index (χ4n) is 5.47. The first-order chi connectivity index (χ1) is 19.7. The average molecular weight is 564 g/mol. The summed E-state index contributed by atoms with van der Waals surface area (Å²) >= 11 is 0. The van der Waals surface area contributed by atoms with Crippen LogP contribution in [0.2, 0.25) is 0 Å². The molecule has 2 aromatic carbocycles. The third-order valence-corrected chi connectivity index (χ3v) is 7.86. The van der Waals surface area contributed by atoms with E-state index in [1.807, 2.05) is 56.0 Å². The van der Waals surface area contributed by atoms with Crippen molar-refractivity contribution < 1.29 is 24.1 Å². The Morgan fingerprint density at radius 3 is 2.66 bits per heavy atom. The van der Waals surface area contributed by atoms with Gasteiger partial charge in [-0.2, -0.15) is 0 Å². The Morgan fingerprint density at radius 2 is 1.95 bits per heavy atom. The second kappa shape index (κ2) is 13.0. The number of hydrogen-bond acceptors (Lipinski definition) is 6. The molecule has 8 nitrogen and oxygen atoms in total. The highest BCUT2D eigenvalue weighted by Crippen LogP contribution is 2.34. The molecule has 1 saturated heterocycles. The second-order valence-electron chi connectivity index (χ2n) is 12.3. The lowest BCUT2D eigenvalue weighted by molar-refractivity contribution is -0.156. The number of nitrogens with zero attached hydrogens (tertiary/aromatic N) is 3. The maximum atomic E-state index is 13.8. The van der Waals surface area contributed by atoms with E-state index in [0.29, 0.717) is 33.0 Å². The van der Waals surface area contributed by atoms with Crippen LogP contribution in [0.1, 0.15) is 62.8 Å². The van der Waals surface area contributed by atoms with Gasteiger partial charge in [-0.1, -0.05) is 42.5 Å². The number of benzene rings is 2. The third-order valence-electron chi connectivity index (χ3n) is 7.86. The SMILES string of the molecule is COCCCn1cc(C(O)c2ccccc2)c2ccc(CN(C(=O)[C@H]3CN(COC(C)(C)C)CCO3)C3CC3)cc21. The molecule has 8 heteroatoms. The summed E-state index contributed by atoms with van der Waals surface area (Å²) in [7, 11) is 1.72. The lowest BCUT2D eigenvalue weighted by Gasteiger charge is -2.36. The number of aryl methyl sites for hydroxylation is 1. The van der Waals surface area contributed by atoms with Crippen LogP contribution < -0.4 is 0 Å². The van der Waals surface area contributed by atoms with Crippen LogP contribution in [-0.4, -0.2) is 83.3 Å². The smallest absolute Gasteiger partial charge is 0.253 e. The summed E-state index contributed by atoms with van der Waals surface area (Å²) in [6, 6.07) is 16.4. The summed E-state index contributed by atoms with van der Waals surface area (Å²) < 4.78 is 19.5. The molecule has 1 amide bonds. The van der Waals surface area contributed by atoms with Gasteiger partial charge in [0, 0.05) is 68.6 Å². The molecule has 0 bridgehead atoms. The largest absolute Gasteiger partial charge is 0.385 e. The number of aliphatic hydroxyl groups is 1. The maximum absolute atomic E-state index is 13.8. The van der Waals surface area contributed by atoms with Crippen LogP contribution in [0, 0.1) is 0 Å². The highest BCUT2D eigenvalue weighted by Gasteiger charge is 2.38. The van der Waals surface area contributed by atoms with Gasteiger partial charge in [0.2, 0.25) is 0 Å². The normalized spacial score (nSPS) is 19.0. The van der Waals surface area contributed by atoms with E-state index in [9.17, 15) is 9.90 Å². The van der Waals surface area contributed by atoms with Crippen LogP contribution in [-0.2, 0) is 32.1 Å². The topological polar surface area (TPSA) is 76.4 Å². The van der Waals surface area contributed by atoms with Crippen LogP contribution in [0.3, 0.4) is 0 Å². The Morgan fingerprint density at radius 1 is 1.17 bits per heavy atom. The molecular weight excluding hydrogens is 518 g/mol. The Kier molecular flexibility index (Phi) is 9.46. The monoisotopic (exact) mass is 563 g/mol. The molecule has 1 unspecified atom stereocenters. The lowest BCUT2D eigenvalue weighted by Crippen LogP contribution is -2.52. The van der Waals surface area contributed by atoms with Crippen molar-refractivity contribution in [1.29, 1.82) is 0 Å². The molecule has 222 valence electrons. The number of ether oxygens (including phenoxy) is 3. The first-order valence-electron chi connectivity index (χ1n) is 14.9. The molecule has 2 fully saturated rings. The maximum Gasteiger partial charge on any atom is 0.253 e. The quantitative estimate of drug-likeness (QED) is 0.322. The molecular formula is C33H45N3O5. The number of fused-ring (bicyclic) bond motifs is 1. The van der Waals surface area contributed by atoms with Crippen molar-refractivity contribution in [3.05, 3.63) is 71.4 Å². The molecule has 0 radical (unpaired) electrons. The van der Waals surface area contributed by atoms with Crippen LogP contribution in [0.4, 0.5) is 0 Å². The first-order valence-corrected chi connectivity index (χ1v) is 14.9. The van der Waals surface area contributed by atoms with Crippen molar-refractivity contribution in [3.63, 3.8) is 0 Å². The number of morpholine rings is 1. The van der Waals surface area contributed by atoms with Gasteiger partial charge in [0.05, 0.1) is 18.9 Å². The molecule has 2 heterocycles. The minimum absolute atomic E-state index is 0.0590. The van der Waals surface area contributed by atoms with E-state index >= 15 is 0 Å². The molecule has 2 atom stereocenters. The fraction of sp³-hybridized carbons (Fsp3) is 0.545. The van der Waals surface area contributed by atoms with E-state index in [4.69, 9.17) is 14.2 Å². The molecule has 1 N–H and O–H groups in total. The molecule has 2 aliphatic rings. The molecule has 1 saturated carbocycles. The Hall–Kier alpha value is -2.75. The van der Waals surface area contributed by atoms with Gasteiger partial charge in [0.25, 0.3) is 5.91 Å². The summed E-state index contributed by atoms with van der Waals surface area (Å²) in [5.74, 6) is 0.0590. The zero-order valence-corrected chi connectivity index (χ0v) is 24.9. The van der Waals surface area contributed by atoms with Crippen LogP contribution in [0.25, 0.3) is 10.9 Å². The van der Waals surface area contributed by atoms with E-state index in [0.717, 1.165) is 59.9 Å². The van der Waals surface area contributed by atoms with Crippen LogP contribution >= 0.6 is 0 Å². The number of amides is 1. The fourth-order valence-corrected chi connectivity index (χ4v) is 5.47. The zero-order chi connectivity index (χ0) is 29.0. The second-order valence-corrected chi connectivity index (χ2v) is 12.3. The van der Waals surface area contributed by atoms with Crippen LogP contribution in [0.15, 0.2) is 54.7 Å². The zero-order valence-electron chi connectivity index (χ0n) is 24.9. The lowest BCUT2D eigenvalue weighted by atomic mass is 10.0. The van der Waals surface area contributed by atoms with E-state index in [1.54, 1.807) is 7.11 Å². The number of methoxy groups -OCH3 is 1. The molecule has 1 aromatic heterocycles. The van der Waals surface area contributed by atoms with Gasteiger partial charge in [-0.05, 0) is 57.2 Å². The molecule has 5 rings (SSSR count). The van der Waals surface area contributed by atoms with Crippen molar-refractivity contribution in [1.82, 2.24) is 14.4 Å². The Balaban J connectivity index is 1.36. The Labute approximate surface area is 243 Å². The molecule has 1 aliphatic carbocycles. The number of aliphatic hydroxyl groups excluding tert-OH is 1. The van der Waals surface area contributed by atoms with Gasteiger partial charge in [-0.25, -0.2) is 0 Å². The predicted molar refractivity (Wildman–Crippen MR) is 160 cm³/mol. The number of hydrogen-bond donors (Lipinski definition) is 1. The minimum Gasteiger partial charge on any atom is -0.385 e. The van der Waals surface area contributed by atoms with Gasteiger partial charge in [-0.3, -0.25) is 9.69 Å².